The average molecular weight is 338 g/mol. The molecule has 3 aromatic rings. The highest BCUT2D eigenvalue weighted by Crippen LogP contribution is 2.18. The van der Waals surface area contributed by atoms with Crippen LogP contribution in [0.25, 0.3) is 5.65 Å². The van der Waals surface area contributed by atoms with Gasteiger partial charge in [0.1, 0.15) is 12.4 Å². The van der Waals surface area contributed by atoms with E-state index in [-0.39, 0.29) is 12.0 Å². The molecule has 128 valence electrons. The molecule has 1 N–H and O–H groups in total. The maximum absolute atomic E-state index is 12.5. The lowest BCUT2D eigenvalue weighted by Gasteiger charge is -2.12. The Morgan fingerprint density at radius 1 is 1.28 bits per heavy atom. The number of amides is 1. The molecule has 7 heteroatoms. The van der Waals surface area contributed by atoms with Crippen LogP contribution >= 0.6 is 0 Å². The fraction of sp³-hybridized carbons (Fsp3) is 0.278. The number of pyridine rings is 1. The van der Waals surface area contributed by atoms with Crippen molar-refractivity contribution in [3.8, 4) is 5.75 Å². The molecule has 1 aliphatic rings. The van der Waals surface area contributed by atoms with Gasteiger partial charge >= 0.3 is 0 Å². The first-order valence-electron chi connectivity index (χ1n) is 8.25. The normalized spacial score (nSPS) is 16.9. The number of aromatic nitrogens is 3. The lowest BCUT2D eigenvalue weighted by Crippen LogP contribution is -2.17. The van der Waals surface area contributed by atoms with Gasteiger partial charge in [0, 0.05) is 18.4 Å². The molecular formula is C18H18N4O3. The molecule has 0 aliphatic carbocycles. The summed E-state index contributed by atoms with van der Waals surface area (Å²) >= 11 is 0. The van der Waals surface area contributed by atoms with E-state index in [1.807, 2.05) is 24.3 Å². The van der Waals surface area contributed by atoms with Crippen LogP contribution in [0.1, 0.15) is 23.2 Å². The van der Waals surface area contributed by atoms with Gasteiger partial charge in [-0.3, -0.25) is 14.5 Å². The van der Waals surface area contributed by atoms with E-state index in [2.05, 4.69) is 15.5 Å². The molecule has 1 aromatic carbocycles. The second-order valence-electron chi connectivity index (χ2n) is 5.88. The minimum absolute atomic E-state index is 0.139. The van der Waals surface area contributed by atoms with Gasteiger partial charge in [-0.05, 0) is 43.2 Å². The first kappa shape index (κ1) is 15.6. The number of nitrogens with one attached hydrogen (secondary N) is 1. The number of hydrogen-bond acceptors (Lipinski definition) is 5. The van der Waals surface area contributed by atoms with Crippen molar-refractivity contribution < 1.29 is 14.3 Å². The summed E-state index contributed by atoms with van der Waals surface area (Å²) in [5, 5.41) is 10.8. The number of carbonyl (C=O) groups is 1. The Labute approximate surface area is 144 Å². The third kappa shape index (κ3) is 3.46. The van der Waals surface area contributed by atoms with E-state index in [0.29, 0.717) is 29.5 Å². The molecule has 1 saturated heterocycles. The van der Waals surface area contributed by atoms with Gasteiger partial charge in [0.2, 0.25) is 5.95 Å². The SMILES string of the molecule is O=C(Nc1nnc2ccccn12)c1cccc(OC[C@H]2CCCO2)c1. The molecule has 0 radical (unpaired) electrons. The molecule has 0 spiro atoms. The Kier molecular flexibility index (Phi) is 4.30. The van der Waals surface area contributed by atoms with Crippen molar-refractivity contribution >= 4 is 17.5 Å². The number of fused-ring (bicyclic) bond motifs is 1. The maximum atomic E-state index is 12.5. The predicted molar refractivity (Wildman–Crippen MR) is 91.9 cm³/mol. The maximum Gasteiger partial charge on any atom is 0.258 e. The van der Waals surface area contributed by atoms with Gasteiger partial charge in [-0.1, -0.05) is 12.1 Å². The van der Waals surface area contributed by atoms with Crippen LogP contribution in [-0.2, 0) is 4.74 Å². The minimum atomic E-state index is -0.263. The molecule has 25 heavy (non-hydrogen) atoms. The number of benzene rings is 1. The quantitative estimate of drug-likeness (QED) is 0.773. The Bertz CT molecular complexity index is 887. The van der Waals surface area contributed by atoms with Gasteiger partial charge in [-0.15, -0.1) is 10.2 Å². The third-order valence-corrected chi connectivity index (χ3v) is 4.10. The van der Waals surface area contributed by atoms with Gasteiger partial charge in [-0.2, -0.15) is 0 Å². The first-order chi connectivity index (χ1) is 12.3. The largest absolute Gasteiger partial charge is 0.491 e. The van der Waals surface area contributed by atoms with Gasteiger partial charge in [0.15, 0.2) is 5.65 Å². The number of ether oxygens (including phenoxy) is 2. The zero-order valence-electron chi connectivity index (χ0n) is 13.6. The summed E-state index contributed by atoms with van der Waals surface area (Å²) in [4.78, 5) is 12.5. The third-order valence-electron chi connectivity index (χ3n) is 4.10. The van der Waals surface area contributed by atoms with Crippen LogP contribution in [0, 0.1) is 0 Å². The summed E-state index contributed by atoms with van der Waals surface area (Å²) in [6, 6.07) is 12.6. The van der Waals surface area contributed by atoms with Crippen LogP contribution in [-0.4, -0.2) is 39.8 Å². The fourth-order valence-electron chi connectivity index (χ4n) is 2.79. The van der Waals surface area contributed by atoms with Crippen molar-refractivity contribution in [3.05, 3.63) is 54.2 Å². The topological polar surface area (TPSA) is 77.8 Å². The standard InChI is InChI=1S/C18H18N4O3/c23-17(19-18-21-20-16-8-1-2-9-22(16)18)13-5-3-6-14(11-13)25-12-15-7-4-10-24-15/h1-3,5-6,8-9,11,15H,4,7,10,12H2,(H,19,21,23)/t15-/m1/s1. The fourth-order valence-corrected chi connectivity index (χ4v) is 2.79. The van der Waals surface area contributed by atoms with Crippen LogP contribution in [0.3, 0.4) is 0 Å². The molecule has 0 saturated carbocycles. The molecule has 3 heterocycles. The van der Waals surface area contributed by atoms with Crippen LogP contribution < -0.4 is 10.1 Å². The van der Waals surface area contributed by atoms with E-state index in [1.165, 1.54) is 0 Å². The molecule has 7 nitrogen and oxygen atoms in total. The van der Waals surface area contributed by atoms with E-state index >= 15 is 0 Å². The predicted octanol–water partition coefficient (Wildman–Crippen LogP) is 2.54. The second-order valence-corrected chi connectivity index (χ2v) is 5.88. The molecular weight excluding hydrogens is 320 g/mol. The van der Waals surface area contributed by atoms with Crippen LogP contribution in [0.15, 0.2) is 48.7 Å². The summed E-state index contributed by atoms with van der Waals surface area (Å²) in [6.07, 6.45) is 4.02. The number of anilines is 1. The van der Waals surface area contributed by atoms with Gasteiger partial charge in [0.25, 0.3) is 5.91 Å². The van der Waals surface area contributed by atoms with Crippen LogP contribution in [0.4, 0.5) is 5.95 Å². The zero-order valence-corrected chi connectivity index (χ0v) is 13.6. The molecule has 4 rings (SSSR count). The highest BCUT2D eigenvalue weighted by atomic mass is 16.5. The Balaban J connectivity index is 1.45. The Morgan fingerprint density at radius 3 is 3.12 bits per heavy atom. The molecule has 1 aliphatic heterocycles. The number of rotatable bonds is 5. The van der Waals surface area contributed by atoms with E-state index < -0.39 is 0 Å². The number of carbonyl (C=O) groups excluding carboxylic acids is 1. The highest BCUT2D eigenvalue weighted by molar-refractivity contribution is 6.03. The van der Waals surface area contributed by atoms with E-state index in [1.54, 1.807) is 28.8 Å². The van der Waals surface area contributed by atoms with Crippen molar-refractivity contribution in [3.63, 3.8) is 0 Å². The van der Waals surface area contributed by atoms with Gasteiger partial charge in [0.05, 0.1) is 6.10 Å². The van der Waals surface area contributed by atoms with Crippen LogP contribution in [0.5, 0.6) is 5.75 Å². The van der Waals surface area contributed by atoms with E-state index in [4.69, 9.17) is 9.47 Å². The van der Waals surface area contributed by atoms with Gasteiger partial charge < -0.3 is 9.47 Å². The summed E-state index contributed by atoms with van der Waals surface area (Å²) in [5.74, 6) is 0.765. The van der Waals surface area contributed by atoms with Crippen molar-refractivity contribution in [2.24, 2.45) is 0 Å². The molecule has 0 unspecified atom stereocenters. The number of hydrogen-bond donors (Lipinski definition) is 1. The smallest absolute Gasteiger partial charge is 0.258 e. The van der Waals surface area contributed by atoms with Crippen LogP contribution in [0.2, 0.25) is 0 Å². The Hall–Kier alpha value is -2.93. The molecule has 1 fully saturated rings. The van der Waals surface area contributed by atoms with Crippen molar-refractivity contribution in [2.45, 2.75) is 18.9 Å². The average Bonchev–Trinajstić information content (AvgIpc) is 3.31. The second kappa shape index (κ2) is 6.90. The zero-order chi connectivity index (χ0) is 17.1. The summed E-state index contributed by atoms with van der Waals surface area (Å²) in [6.45, 7) is 1.29. The molecule has 0 bridgehead atoms. The molecule has 2 aromatic heterocycles. The first-order valence-corrected chi connectivity index (χ1v) is 8.25. The lowest BCUT2D eigenvalue weighted by atomic mass is 10.2. The van der Waals surface area contributed by atoms with E-state index in [0.717, 1.165) is 19.4 Å². The summed E-state index contributed by atoms with van der Waals surface area (Å²) in [5.41, 5.74) is 1.17. The molecule has 1 atom stereocenters. The minimum Gasteiger partial charge on any atom is -0.491 e. The monoisotopic (exact) mass is 338 g/mol. The summed E-state index contributed by atoms with van der Waals surface area (Å²) in [7, 11) is 0. The van der Waals surface area contributed by atoms with Crippen molar-refractivity contribution in [1.29, 1.82) is 0 Å². The van der Waals surface area contributed by atoms with Gasteiger partial charge in [-0.25, -0.2) is 0 Å². The Morgan fingerprint density at radius 2 is 2.24 bits per heavy atom. The number of nitrogens with zero attached hydrogens (tertiary/aromatic N) is 3. The highest BCUT2D eigenvalue weighted by Gasteiger charge is 2.16. The van der Waals surface area contributed by atoms with Crippen molar-refractivity contribution in [2.75, 3.05) is 18.5 Å². The molecule has 1 amide bonds. The summed E-state index contributed by atoms with van der Waals surface area (Å²) < 4.78 is 13.0. The lowest BCUT2D eigenvalue weighted by molar-refractivity contribution is 0.0679. The van der Waals surface area contributed by atoms with E-state index in [9.17, 15) is 4.79 Å². The van der Waals surface area contributed by atoms with Crippen molar-refractivity contribution in [1.82, 2.24) is 14.6 Å².